The van der Waals surface area contributed by atoms with Gasteiger partial charge < -0.3 is 4.74 Å². The Morgan fingerprint density at radius 3 is 2.33 bits per heavy atom. The summed E-state index contributed by atoms with van der Waals surface area (Å²) in [6.45, 7) is 0. The molecule has 0 N–H and O–H groups in total. The first kappa shape index (κ1) is 19.1. The molecule has 0 spiro atoms. The molecule has 142 valence electrons. The maximum Gasteiger partial charge on any atom is 0.338 e. The van der Waals surface area contributed by atoms with E-state index in [0.29, 0.717) is 18.5 Å². The highest BCUT2D eigenvalue weighted by Crippen LogP contribution is 2.23. The van der Waals surface area contributed by atoms with Gasteiger partial charge in [-0.25, -0.2) is 13.2 Å². The van der Waals surface area contributed by atoms with Crippen molar-refractivity contribution in [2.24, 2.45) is 0 Å². The highest BCUT2D eigenvalue weighted by Gasteiger charge is 2.27. The number of benzene rings is 2. The second-order valence-corrected chi connectivity index (χ2v) is 8.41. The number of carbonyl (C=O) groups is 2. The van der Waals surface area contributed by atoms with Gasteiger partial charge >= 0.3 is 5.97 Å². The SMILES string of the molecule is CN(c1ccccc1)S(=O)(=O)c1ccc(C(=O)OC2CCCCC2=O)cc1. The Balaban J connectivity index is 1.74. The second kappa shape index (κ2) is 7.92. The lowest BCUT2D eigenvalue weighted by Gasteiger charge is -2.21. The van der Waals surface area contributed by atoms with E-state index in [9.17, 15) is 18.0 Å². The number of hydrogen-bond donors (Lipinski definition) is 0. The Bertz CT molecular complexity index is 923. The van der Waals surface area contributed by atoms with Crippen molar-refractivity contribution >= 4 is 27.5 Å². The molecule has 2 aromatic carbocycles. The summed E-state index contributed by atoms with van der Waals surface area (Å²) in [6, 6.07) is 14.3. The van der Waals surface area contributed by atoms with E-state index in [1.165, 1.54) is 35.6 Å². The molecule has 0 amide bonds. The van der Waals surface area contributed by atoms with Gasteiger partial charge in [0.1, 0.15) is 0 Å². The number of carbonyl (C=O) groups excluding carboxylic acids is 2. The van der Waals surface area contributed by atoms with Crippen molar-refractivity contribution in [3.63, 3.8) is 0 Å². The van der Waals surface area contributed by atoms with Gasteiger partial charge in [0.05, 0.1) is 16.1 Å². The molecule has 1 saturated carbocycles. The summed E-state index contributed by atoms with van der Waals surface area (Å²) >= 11 is 0. The van der Waals surface area contributed by atoms with Crippen LogP contribution in [0.2, 0.25) is 0 Å². The number of nitrogens with zero attached hydrogens (tertiary/aromatic N) is 1. The summed E-state index contributed by atoms with van der Waals surface area (Å²) in [6.07, 6.45) is 1.96. The quantitative estimate of drug-likeness (QED) is 0.736. The van der Waals surface area contributed by atoms with Gasteiger partial charge in [-0.1, -0.05) is 18.2 Å². The first-order valence-corrected chi connectivity index (χ1v) is 10.2. The molecule has 1 fully saturated rings. The van der Waals surface area contributed by atoms with Crippen LogP contribution in [-0.4, -0.2) is 33.3 Å². The summed E-state index contributed by atoms with van der Waals surface area (Å²) in [5.74, 6) is -0.672. The van der Waals surface area contributed by atoms with Crippen LogP contribution >= 0.6 is 0 Å². The number of esters is 1. The smallest absolute Gasteiger partial charge is 0.338 e. The lowest BCUT2D eigenvalue weighted by Crippen LogP contribution is -2.30. The predicted octanol–water partition coefficient (Wildman–Crippen LogP) is 3.18. The van der Waals surface area contributed by atoms with Crippen LogP contribution in [0.15, 0.2) is 59.5 Å². The molecule has 0 aromatic heterocycles. The molecule has 0 aliphatic heterocycles. The van der Waals surface area contributed by atoms with Gasteiger partial charge in [-0.05, 0) is 55.7 Å². The molecular formula is C20H21NO5S. The van der Waals surface area contributed by atoms with E-state index >= 15 is 0 Å². The van der Waals surface area contributed by atoms with Crippen LogP contribution in [0.3, 0.4) is 0 Å². The van der Waals surface area contributed by atoms with Crippen LogP contribution in [0.1, 0.15) is 36.0 Å². The Morgan fingerprint density at radius 1 is 1.04 bits per heavy atom. The minimum Gasteiger partial charge on any atom is -0.451 e. The van der Waals surface area contributed by atoms with E-state index < -0.39 is 22.1 Å². The zero-order valence-electron chi connectivity index (χ0n) is 15.0. The first-order chi connectivity index (χ1) is 12.9. The number of rotatable bonds is 5. The Hall–Kier alpha value is -2.67. The molecule has 0 heterocycles. The first-order valence-electron chi connectivity index (χ1n) is 8.77. The maximum atomic E-state index is 12.7. The Kier molecular flexibility index (Phi) is 5.60. The fraction of sp³-hybridized carbons (Fsp3) is 0.300. The lowest BCUT2D eigenvalue weighted by atomic mass is 9.96. The normalized spacial score (nSPS) is 17.4. The Labute approximate surface area is 158 Å². The standard InChI is InChI=1S/C20H21NO5S/c1-21(16-7-3-2-4-8-16)27(24,25)17-13-11-15(12-14-17)20(23)26-19-10-6-5-9-18(19)22/h2-4,7-8,11-14,19H,5-6,9-10H2,1H3. The summed E-state index contributed by atoms with van der Waals surface area (Å²) in [5, 5.41) is 0. The summed E-state index contributed by atoms with van der Waals surface area (Å²) < 4.78 is 31.9. The molecule has 1 aliphatic rings. The zero-order valence-corrected chi connectivity index (χ0v) is 15.8. The molecule has 0 bridgehead atoms. The minimum absolute atomic E-state index is 0.0571. The van der Waals surface area contributed by atoms with Crippen molar-refractivity contribution in [1.82, 2.24) is 0 Å². The van der Waals surface area contributed by atoms with Gasteiger partial charge in [-0.15, -0.1) is 0 Å². The van der Waals surface area contributed by atoms with Crippen molar-refractivity contribution in [1.29, 1.82) is 0 Å². The van der Waals surface area contributed by atoms with Crippen molar-refractivity contribution in [3.8, 4) is 0 Å². The Morgan fingerprint density at radius 2 is 1.70 bits per heavy atom. The summed E-state index contributed by atoms with van der Waals surface area (Å²) in [4.78, 5) is 24.1. The molecule has 0 radical (unpaired) electrons. The van der Waals surface area contributed by atoms with Crippen LogP contribution in [0.25, 0.3) is 0 Å². The van der Waals surface area contributed by atoms with E-state index in [2.05, 4.69) is 0 Å². The van der Waals surface area contributed by atoms with Crippen molar-refractivity contribution < 1.29 is 22.7 Å². The summed E-state index contributed by atoms with van der Waals surface area (Å²) in [5.41, 5.74) is 0.756. The van der Waals surface area contributed by atoms with Crippen molar-refractivity contribution in [2.45, 2.75) is 36.7 Å². The van der Waals surface area contributed by atoms with Crippen molar-refractivity contribution in [2.75, 3.05) is 11.4 Å². The number of anilines is 1. The molecular weight excluding hydrogens is 366 g/mol. The zero-order chi connectivity index (χ0) is 19.4. The number of para-hydroxylation sites is 1. The van der Waals surface area contributed by atoms with E-state index in [1.54, 1.807) is 30.3 Å². The second-order valence-electron chi connectivity index (χ2n) is 6.44. The molecule has 7 heteroatoms. The third-order valence-corrected chi connectivity index (χ3v) is 6.42. The average molecular weight is 387 g/mol. The predicted molar refractivity (Wildman–Crippen MR) is 101 cm³/mol. The fourth-order valence-electron chi connectivity index (χ4n) is 2.97. The van der Waals surface area contributed by atoms with E-state index in [-0.39, 0.29) is 16.2 Å². The maximum absolute atomic E-state index is 12.7. The number of ketones is 1. The molecule has 0 saturated heterocycles. The number of hydrogen-bond acceptors (Lipinski definition) is 5. The number of ether oxygens (including phenoxy) is 1. The summed E-state index contributed by atoms with van der Waals surface area (Å²) in [7, 11) is -2.27. The molecule has 1 aliphatic carbocycles. The van der Waals surface area contributed by atoms with Gasteiger partial charge in [0.2, 0.25) is 0 Å². The van der Waals surface area contributed by atoms with Crippen LogP contribution in [0.4, 0.5) is 5.69 Å². The van der Waals surface area contributed by atoms with Gasteiger partial charge in [-0.2, -0.15) is 0 Å². The van der Waals surface area contributed by atoms with Crippen LogP contribution in [0.5, 0.6) is 0 Å². The minimum atomic E-state index is -3.74. The van der Waals surface area contributed by atoms with Crippen molar-refractivity contribution in [3.05, 3.63) is 60.2 Å². The topological polar surface area (TPSA) is 80.8 Å². The van der Waals surface area contributed by atoms with Crippen LogP contribution in [0, 0.1) is 0 Å². The van der Waals surface area contributed by atoms with Crippen LogP contribution < -0.4 is 4.31 Å². The van der Waals surface area contributed by atoms with Gasteiger partial charge in [-0.3, -0.25) is 9.10 Å². The molecule has 6 nitrogen and oxygen atoms in total. The molecule has 1 unspecified atom stereocenters. The van der Waals surface area contributed by atoms with Gasteiger partial charge in [0.15, 0.2) is 11.9 Å². The lowest BCUT2D eigenvalue weighted by molar-refractivity contribution is -0.129. The molecule has 3 rings (SSSR count). The highest BCUT2D eigenvalue weighted by atomic mass is 32.2. The third kappa shape index (κ3) is 4.19. The van der Waals surface area contributed by atoms with Gasteiger partial charge in [0.25, 0.3) is 10.0 Å². The van der Waals surface area contributed by atoms with Gasteiger partial charge in [0, 0.05) is 13.5 Å². The average Bonchev–Trinajstić information content (AvgIpc) is 2.70. The molecule has 27 heavy (non-hydrogen) atoms. The number of sulfonamides is 1. The molecule has 1 atom stereocenters. The van der Waals surface area contributed by atoms with E-state index in [0.717, 1.165) is 12.8 Å². The third-order valence-electron chi connectivity index (χ3n) is 4.62. The highest BCUT2D eigenvalue weighted by molar-refractivity contribution is 7.92. The monoisotopic (exact) mass is 387 g/mol. The fourth-order valence-corrected chi connectivity index (χ4v) is 4.17. The van der Waals surface area contributed by atoms with Crippen LogP contribution in [-0.2, 0) is 19.6 Å². The van der Waals surface area contributed by atoms with E-state index in [1.807, 2.05) is 0 Å². The largest absolute Gasteiger partial charge is 0.451 e. The van der Waals surface area contributed by atoms with E-state index in [4.69, 9.17) is 4.74 Å². The number of Topliss-reactive ketones (excluding diaryl/α,β-unsaturated/α-hetero) is 1. The molecule has 2 aromatic rings.